The van der Waals surface area contributed by atoms with Crippen molar-refractivity contribution in [2.45, 2.75) is 63.6 Å². The molecule has 5 rings (SSSR count). The summed E-state index contributed by atoms with van der Waals surface area (Å²) in [5.41, 5.74) is -0.559. The Hall–Kier alpha value is -3.37. The van der Waals surface area contributed by atoms with E-state index in [0.29, 0.717) is 43.3 Å². The van der Waals surface area contributed by atoms with Gasteiger partial charge in [-0.25, -0.2) is 18.2 Å². The molecule has 0 saturated carbocycles. The number of benzene rings is 1. The standard InChI is InChI=1S/C25H29F3N6O2/c1-14-13-34-23(29-14)18(24(36)30-15(2)16-4-3-5-17(21(16)26)22(27)28)12-19(32-34)33-10-8-25(9-11-33)7-6-20(35)31-25/h3-5,12,14-15,22H,6-11,13H2,1-2H3,(H,30,36)(H,31,35)/t14-,15-/m1/s1. The van der Waals surface area contributed by atoms with E-state index < -0.39 is 29.8 Å². The Morgan fingerprint density at radius 2 is 1.94 bits per heavy atom. The first kappa shape index (κ1) is 24.3. The minimum Gasteiger partial charge on any atom is -0.355 e. The van der Waals surface area contributed by atoms with Crippen molar-refractivity contribution >= 4 is 23.5 Å². The average molecular weight is 503 g/mol. The van der Waals surface area contributed by atoms with E-state index in [9.17, 15) is 22.8 Å². The lowest BCUT2D eigenvalue weighted by Crippen LogP contribution is -2.53. The summed E-state index contributed by atoms with van der Waals surface area (Å²) in [4.78, 5) is 31.8. The molecule has 11 heteroatoms. The fourth-order valence-corrected chi connectivity index (χ4v) is 5.35. The van der Waals surface area contributed by atoms with Gasteiger partial charge in [0.05, 0.1) is 29.8 Å². The van der Waals surface area contributed by atoms with Crippen molar-refractivity contribution in [2.75, 3.05) is 19.6 Å². The lowest BCUT2D eigenvalue weighted by Gasteiger charge is -2.41. The van der Waals surface area contributed by atoms with Gasteiger partial charge in [-0.1, -0.05) is 18.2 Å². The van der Waals surface area contributed by atoms with Crippen LogP contribution in [0.5, 0.6) is 0 Å². The van der Waals surface area contributed by atoms with E-state index in [4.69, 9.17) is 5.10 Å². The molecule has 2 fully saturated rings. The summed E-state index contributed by atoms with van der Waals surface area (Å²) in [6.07, 6.45) is 1.71. The zero-order chi connectivity index (χ0) is 25.6. The first-order valence-electron chi connectivity index (χ1n) is 12.2. The fourth-order valence-electron chi connectivity index (χ4n) is 5.35. The Morgan fingerprint density at radius 3 is 2.61 bits per heavy atom. The monoisotopic (exact) mass is 502 g/mol. The normalized spacial score (nSPS) is 23.8. The second-order valence-electron chi connectivity index (χ2n) is 9.96. The summed E-state index contributed by atoms with van der Waals surface area (Å²) in [6, 6.07) is 2.88. The number of hydrogen-bond donors (Lipinski definition) is 2. The molecule has 4 heterocycles. The second-order valence-corrected chi connectivity index (χ2v) is 9.96. The summed E-state index contributed by atoms with van der Waals surface area (Å²) < 4.78 is 41.0. The molecule has 36 heavy (non-hydrogen) atoms. The molecule has 4 aliphatic rings. The number of amides is 2. The lowest BCUT2D eigenvalue weighted by molar-refractivity contribution is -0.120. The van der Waals surface area contributed by atoms with Crippen molar-refractivity contribution in [3.63, 3.8) is 0 Å². The summed E-state index contributed by atoms with van der Waals surface area (Å²) in [7, 11) is 0. The van der Waals surface area contributed by atoms with Gasteiger partial charge < -0.3 is 15.5 Å². The predicted octanol–water partition coefficient (Wildman–Crippen LogP) is 3.04. The van der Waals surface area contributed by atoms with Crippen LogP contribution >= 0.6 is 0 Å². The van der Waals surface area contributed by atoms with E-state index in [0.717, 1.165) is 25.3 Å². The number of hydrogen-bond acceptors (Lipinski definition) is 6. The maximum absolute atomic E-state index is 14.7. The van der Waals surface area contributed by atoms with Crippen LogP contribution in [0.3, 0.4) is 0 Å². The third-order valence-corrected chi connectivity index (χ3v) is 7.39. The first-order chi connectivity index (χ1) is 17.2. The Labute approximate surface area is 207 Å². The van der Waals surface area contributed by atoms with Gasteiger partial charge >= 0.3 is 0 Å². The van der Waals surface area contributed by atoms with Gasteiger partial charge in [-0.2, -0.15) is 5.10 Å². The molecule has 0 radical (unpaired) electrons. The number of nitrogens with one attached hydrogen (secondary N) is 2. The number of carbonyl (C=O) groups is 2. The van der Waals surface area contributed by atoms with E-state index in [1.54, 1.807) is 18.0 Å². The Kier molecular flexibility index (Phi) is 6.25. The Balaban J connectivity index is 1.35. The predicted molar refractivity (Wildman–Crippen MR) is 128 cm³/mol. The number of halogens is 3. The number of amidine groups is 2. The number of fused-ring (bicyclic) bond motifs is 1. The van der Waals surface area contributed by atoms with Crippen molar-refractivity contribution in [3.05, 3.63) is 46.8 Å². The third-order valence-electron chi connectivity index (χ3n) is 7.39. The fraction of sp³-hybridized carbons (Fsp3) is 0.520. The van der Waals surface area contributed by atoms with Crippen LogP contribution in [0, 0.1) is 5.82 Å². The molecule has 2 saturated heterocycles. The highest BCUT2D eigenvalue weighted by Gasteiger charge is 2.42. The Morgan fingerprint density at radius 1 is 1.22 bits per heavy atom. The van der Waals surface area contributed by atoms with Crippen molar-refractivity contribution in [2.24, 2.45) is 10.1 Å². The van der Waals surface area contributed by atoms with E-state index >= 15 is 0 Å². The van der Waals surface area contributed by atoms with Crippen LogP contribution in [-0.2, 0) is 9.59 Å². The molecule has 2 amide bonds. The first-order valence-corrected chi connectivity index (χ1v) is 12.2. The van der Waals surface area contributed by atoms with Crippen LogP contribution in [0.2, 0.25) is 0 Å². The van der Waals surface area contributed by atoms with Crippen LogP contribution < -0.4 is 10.6 Å². The number of likely N-dealkylation sites (tertiary alicyclic amines) is 1. The number of aliphatic imine (C=N–C) groups is 1. The molecule has 2 atom stereocenters. The van der Waals surface area contributed by atoms with Crippen LogP contribution in [0.4, 0.5) is 13.2 Å². The highest BCUT2D eigenvalue weighted by atomic mass is 19.3. The molecule has 0 aliphatic carbocycles. The molecular weight excluding hydrogens is 473 g/mol. The van der Waals surface area contributed by atoms with Gasteiger partial charge in [-0.3, -0.25) is 14.6 Å². The van der Waals surface area contributed by atoms with Crippen molar-refractivity contribution in [1.29, 1.82) is 0 Å². The number of piperidine rings is 1. The molecule has 1 aromatic rings. The zero-order valence-corrected chi connectivity index (χ0v) is 20.2. The van der Waals surface area contributed by atoms with Crippen LogP contribution in [0.25, 0.3) is 0 Å². The van der Waals surface area contributed by atoms with Gasteiger partial charge in [-0.05, 0) is 39.2 Å². The lowest BCUT2D eigenvalue weighted by atomic mass is 9.86. The van der Waals surface area contributed by atoms with Crippen LogP contribution in [0.1, 0.15) is 63.1 Å². The van der Waals surface area contributed by atoms with Crippen molar-refractivity contribution < 1.29 is 22.8 Å². The summed E-state index contributed by atoms with van der Waals surface area (Å²) in [6.45, 7) is 5.38. The molecule has 0 unspecified atom stereocenters. The molecule has 4 aliphatic heterocycles. The summed E-state index contributed by atoms with van der Waals surface area (Å²) >= 11 is 0. The highest BCUT2D eigenvalue weighted by molar-refractivity contribution is 6.25. The third kappa shape index (κ3) is 4.46. The highest BCUT2D eigenvalue weighted by Crippen LogP contribution is 2.33. The summed E-state index contributed by atoms with van der Waals surface area (Å²) in [5.74, 6) is -0.338. The largest absolute Gasteiger partial charge is 0.355 e. The minimum atomic E-state index is -2.95. The van der Waals surface area contributed by atoms with E-state index in [1.165, 1.54) is 12.1 Å². The smallest absolute Gasteiger partial charge is 0.266 e. The maximum atomic E-state index is 14.7. The second kappa shape index (κ2) is 9.25. The molecule has 0 bridgehead atoms. The van der Waals surface area contributed by atoms with Gasteiger partial charge in [0, 0.05) is 30.6 Å². The number of nitrogens with zero attached hydrogens (tertiary/aromatic N) is 4. The quantitative estimate of drug-likeness (QED) is 0.663. The molecule has 2 N–H and O–H groups in total. The zero-order valence-electron chi connectivity index (χ0n) is 20.2. The van der Waals surface area contributed by atoms with Gasteiger partial charge in [-0.15, -0.1) is 0 Å². The molecule has 0 aromatic heterocycles. The van der Waals surface area contributed by atoms with E-state index in [1.807, 2.05) is 6.92 Å². The van der Waals surface area contributed by atoms with Crippen molar-refractivity contribution in [1.82, 2.24) is 20.5 Å². The van der Waals surface area contributed by atoms with E-state index in [2.05, 4.69) is 20.5 Å². The SMILES string of the molecule is C[C@@H]1CN2N=C(N3CCC4(CCC(=O)N4)CC3)C=C(C(=O)N[C@H](C)c3cccc(C(F)F)c3F)C2=N1. The van der Waals surface area contributed by atoms with Crippen LogP contribution in [0.15, 0.2) is 39.9 Å². The number of hydrazone groups is 1. The average Bonchev–Trinajstić information content (AvgIpc) is 3.39. The molecule has 1 spiro atoms. The van der Waals surface area contributed by atoms with Crippen LogP contribution in [-0.4, -0.2) is 64.6 Å². The molecule has 192 valence electrons. The van der Waals surface area contributed by atoms with Gasteiger partial charge in [0.1, 0.15) is 11.7 Å². The van der Waals surface area contributed by atoms with Gasteiger partial charge in [0.2, 0.25) is 5.91 Å². The van der Waals surface area contributed by atoms with Gasteiger partial charge in [0.25, 0.3) is 12.3 Å². The van der Waals surface area contributed by atoms with Crippen molar-refractivity contribution in [3.8, 4) is 0 Å². The van der Waals surface area contributed by atoms with E-state index in [-0.39, 0.29) is 23.1 Å². The maximum Gasteiger partial charge on any atom is 0.266 e. The van der Waals surface area contributed by atoms with Gasteiger partial charge in [0.15, 0.2) is 5.84 Å². The topological polar surface area (TPSA) is 89.4 Å². The molecule has 1 aromatic carbocycles. The Bertz CT molecular complexity index is 1170. The minimum absolute atomic E-state index is 0.00928. The number of alkyl halides is 2. The molecular formula is C25H29F3N6O2. The number of rotatable bonds is 4. The number of carbonyl (C=O) groups excluding carboxylic acids is 2. The molecule has 8 nitrogen and oxygen atoms in total. The summed E-state index contributed by atoms with van der Waals surface area (Å²) in [5, 5.41) is 12.3.